The smallest absolute Gasteiger partial charge is 0.119 e. The molecule has 1 heterocycles. The topological polar surface area (TPSA) is 39.1 Å². The fourth-order valence-electron chi connectivity index (χ4n) is 3.83. The summed E-state index contributed by atoms with van der Waals surface area (Å²) in [4.78, 5) is 0. The lowest BCUT2D eigenvalue weighted by molar-refractivity contribution is 0.340. The highest BCUT2D eigenvalue weighted by molar-refractivity contribution is 5.85. The zero-order valence-electron chi connectivity index (χ0n) is 16.3. The van der Waals surface area contributed by atoms with E-state index in [1.807, 2.05) is 19.1 Å². The van der Waals surface area contributed by atoms with Crippen LogP contribution in [-0.2, 0) is 19.5 Å². The molecule has 4 rings (SSSR count). The Bertz CT molecular complexity index is 861. The van der Waals surface area contributed by atoms with Gasteiger partial charge < -0.3 is 10.1 Å². The first-order chi connectivity index (χ1) is 13.3. The quantitative estimate of drug-likeness (QED) is 0.615. The number of halogens is 1. The first-order valence-electron chi connectivity index (χ1n) is 9.87. The molecule has 1 atom stereocenters. The summed E-state index contributed by atoms with van der Waals surface area (Å²) in [5.74, 6) is 0.934. The Morgan fingerprint density at radius 3 is 2.61 bits per heavy atom. The van der Waals surface area contributed by atoms with Gasteiger partial charge >= 0.3 is 0 Å². The Kier molecular flexibility index (Phi) is 7.12. The number of hydrogen-bond acceptors (Lipinski definition) is 3. The number of aromatic nitrogens is 2. The summed E-state index contributed by atoms with van der Waals surface area (Å²) in [6, 6.07) is 19.3. The van der Waals surface area contributed by atoms with Crippen molar-refractivity contribution in [2.24, 2.45) is 0 Å². The van der Waals surface area contributed by atoms with Gasteiger partial charge in [-0.1, -0.05) is 42.5 Å². The molecule has 1 aliphatic rings. The summed E-state index contributed by atoms with van der Waals surface area (Å²) in [7, 11) is 0. The maximum absolute atomic E-state index is 5.52. The molecule has 5 heteroatoms. The van der Waals surface area contributed by atoms with Crippen molar-refractivity contribution in [3.63, 3.8) is 0 Å². The first kappa shape index (κ1) is 20.4. The number of nitrogens with zero attached hydrogens (tertiary/aromatic N) is 2. The van der Waals surface area contributed by atoms with Gasteiger partial charge in [-0.15, -0.1) is 12.4 Å². The van der Waals surface area contributed by atoms with Crippen molar-refractivity contribution in [2.75, 3.05) is 6.61 Å². The zero-order valence-corrected chi connectivity index (χ0v) is 17.1. The van der Waals surface area contributed by atoms with Crippen molar-refractivity contribution in [3.8, 4) is 5.75 Å². The number of nitrogens with one attached hydrogen (secondary N) is 1. The number of hydrogen-bond donors (Lipinski definition) is 1. The summed E-state index contributed by atoms with van der Waals surface area (Å²) in [5.41, 5.74) is 5.33. The van der Waals surface area contributed by atoms with E-state index in [1.54, 1.807) is 0 Å². The number of ether oxygens (including phenoxy) is 1. The first-order valence-corrected chi connectivity index (χ1v) is 9.87. The molecule has 4 nitrogen and oxygen atoms in total. The molecular weight excluding hydrogens is 370 g/mol. The van der Waals surface area contributed by atoms with Crippen LogP contribution >= 0.6 is 12.4 Å². The van der Waals surface area contributed by atoms with Gasteiger partial charge in [0.15, 0.2) is 0 Å². The molecule has 148 valence electrons. The van der Waals surface area contributed by atoms with Crippen LogP contribution < -0.4 is 10.1 Å². The number of fused-ring (bicyclic) bond motifs is 1. The highest BCUT2D eigenvalue weighted by atomic mass is 35.5. The van der Waals surface area contributed by atoms with E-state index in [9.17, 15) is 0 Å². The minimum absolute atomic E-state index is 0. The van der Waals surface area contributed by atoms with Crippen molar-refractivity contribution in [3.05, 3.63) is 83.2 Å². The van der Waals surface area contributed by atoms with Gasteiger partial charge in [-0.2, -0.15) is 5.10 Å². The number of benzene rings is 2. The molecule has 28 heavy (non-hydrogen) atoms. The minimum atomic E-state index is 0. The van der Waals surface area contributed by atoms with Gasteiger partial charge in [0.1, 0.15) is 5.75 Å². The molecule has 3 aromatic rings. The molecule has 1 aliphatic carbocycles. The van der Waals surface area contributed by atoms with Gasteiger partial charge in [0.05, 0.1) is 19.3 Å². The molecule has 0 spiro atoms. The van der Waals surface area contributed by atoms with E-state index in [0.29, 0.717) is 12.6 Å². The molecule has 0 amide bonds. The van der Waals surface area contributed by atoms with Gasteiger partial charge in [0.25, 0.3) is 0 Å². The molecule has 0 radical (unpaired) electrons. The Labute approximate surface area is 173 Å². The van der Waals surface area contributed by atoms with Gasteiger partial charge in [0.2, 0.25) is 0 Å². The molecule has 1 unspecified atom stereocenters. The van der Waals surface area contributed by atoms with E-state index < -0.39 is 0 Å². The molecule has 1 N–H and O–H groups in total. The Hall–Kier alpha value is -2.30. The largest absolute Gasteiger partial charge is 0.494 e. The van der Waals surface area contributed by atoms with Gasteiger partial charge in [-0.25, -0.2) is 0 Å². The monoisotopic (exact) mass is 397 g/mol. The van der Waals surface area contributed by atoms with Crippen LogP contribution in [0.1, 0.15) is 48.2 Å². The third-order valence-corrected chi connectivity index (χ3v) is 5.22. The average molecular weight is 398 g/mol. The summed E-state index contributed by atoms with van der Waals surface area (Å²) in [6.07, 6.45) is 5.55. The predicted octanol–water partition coefficient (Wildman–Crippen LogP) is 4.92. The van der Waals surface area contributed by atoms with Crippen LogP contribution in [0.2, 0.25) is 0 Å². The van der Waals surface area contributed by atoms with E-state index in [4.69, 9.17) is 9.84 Å². The normalized spacial score (nSPS) is 15.5. The third-order valence-electron chi connectivity index (χ3n) is 5.22. The molecule has 0 fully saturated rings. The fourth-order valence-corrected chi connectivity index (χ4v) is 3.83. The van der Waals surface area contributed by atoms with Crippen LogP contribution in [0, 0.1) is 0 Å². The highest BCUT2D eigenvalue weighted by Gasteiger charge is 2.23. The van der Waals surface area contributed by atoms with Crippen LogP contribution in [0.3, 0.4) is 0 Å². The minimum Gasteiger partial charge on any atom is -0.494 e. The SMILES string of the molecule is CCOc1ccc(CNC2CCCc3c2cnn3Cc2ccccc2)cc1.Cl. The lowest BCUT2D eigenvalue weighted by atomic mass is 9.92. The second-order valence-corrected chi connectivity index (χ2v) is 7.09. The lowest BCUT2D eigenvalue weighted by Gasteiger charge is -2.24. The van der Waals surface area contributed by atoms with Crippen LogP contribution in [0.5, 0.6) is 5.75 Å². The molecule has 0 saturated carbocycles. The van der Waals surface area contributed by atoms with E-state index in [-0.39, 0.29) is 12.4 Å². The van der Waals surface area contributed by atoms with E-state index in [1.165, 1.54) is 35.2 Å². The van der Waals surface area contributed by atoms with E-state index >= 15 is 0 Å². The van der Waals surface area contributed by atoms with Crippen LogP contribution in [0.15, 0.2) is 60.8 Å². The van der Waals surface area contributed by atoms with Crippen LogP contribution in [0.25, 0.3) is 0 Å². The molecule has 0 bridgehead atoms. The maximum atomic E-state index is 5.52. The maximum Gasteiger partial charge on any atom is 0.119 e. The second-order valence-electron chi connectivity index (χ2n) is 7.09. The predicted molar refractivity (Wildman–Crippen MR) is 115 cm³/mol. The molecule has 0 aliphatic heterocycles. The number of rotatable bonds is 7. The summed E-state index contributed by atoms with van der Waals surface area (Å²) >= 11 is 0. The summed E-state index contributed by atoms with van der Waals surface area (Å²) in [5, 5.41) is 8.42. The van der Waals surface area contributed by atoms with Crippen molar-refractivity contribution < 1.29 is 4.74 Å². The zero-order chi connectivity index (χ0) is 18.5. The highest BCUT2D eigenvalue weighted by Crippen LogP contribution is 2.30. The average Bonchev–Trinajstić information content (AvgIpc) is 3.12. The Morgan fingerprint density at radius 1 is 1.07 bits per heavy atom. The molecule has 2 aromatic carbocycles. The standard InChI is InChI=1S/C23H27N3O.ClH/c1-2-27-20-13-11-18(12-14-20)15-24-22-9-6-10-23-21(22)16-25-26(23)17-19-7-4-3-5-8-19;/h3-5,7-8,11-14,16,22,24H,2,6,9-10,15,17H2,1H3;1H. The van der Waals surface area contributed by atoms with Crippen molar-refractivity contribution in [2.45, 2.75) is 45.3 Å². The molecular formula is C23H28ClN3O. The molecule has 0 saturated heterocycles. The van der Waals surface area contributed by atoms with E-state index in [2.05, 4.69) is 58.7 Å². The second kappa shape index (κ2) is 9.76. The summed E-state index contributed by atoms with van der Waals surface area (Å²) < 4.78 is 7.70. The van der Waals surface area contributed by atoms with Crippen LogP contribution in [0.4, 0.5) is 0 Å². The third kappa shape index (κ3) is 4.75. The van der Waals surface area contributed by atoms with Gasteiger partial charge in [0, 0.05) is 23.8 Å². The molecule has 1 aromatic heterocycles. The van der Waals surface area contributed by atoms with Crippen LogP contribution in [-0.4, -0.2) is 16.4 Å². The Morgan fingerprint density at radius 2 is 1.86 bits per heavy atom. The van der Waals surface area contributed by atoms with Crippen molar-refractivity contribution in [1.82, 2.24) is 15.1 Å². The van der Waals surface area contributed by atoms with Crippen molar-refractivity contribution in [1.29, 1.82) is 0 Å². The fraction of sp³-hybridized carbons (Fsp3) is 0.348. The van der Waals surface area contributed by atoms with Gasteiger partial charge in [-0.05, 0) is 49.4 Å². The van der Waals surface area contributed by atoms with Gasteiger partial charge in [-0.3, -0.25) is 4.68 Å². The summed E-state index contributed by atoms with van der Waals surface area (Å²) in [6.45, 7) is 4.42. The lowest BCUT2D eigenvalue weighted by Crippen LogP contribution is -2.25. The van der Waals surface area contributed by atoms with Crippen molar-refractivity contribution >= 4 is 12.4 Å². The Balaban J connectivity index is 0.00000225. The van der Waals surface area contributed by atoms with E-state index in [0.717, 1.165) is 25.3 Å².